The third-order valence-corrected chi connectivity index (χ3v) is 5.76. The summed E-state index contributed by atoms with van der Waals surface area (Å²) < 4.78 is 1.09. The van der Waals surface area contributed by atoms with Crippen LogP contribution < -0.4 is 10.2 Å². The summed E-state index contributed by atoms with van der Waals surface area (Å²) in [6, 6.07) is 11.3. The summed E-state index contributed by atoms with van der Waals surface area (Å²) >= 11 is 1.48. The maximum absolute atomic E-state index is 12.7. The number of anilines is 2. The molecule has 0 spiro atoms. The summed E-state index contributed by atoms with van der Waals surface area (Å²) in [5, 5.41) is 3.48. The third kappa shape index (κ3) is 2.97. The lowest BCUT2D eigenvalue weighted by molar-refractivity contribution is -0.117. The van der Waals surface area contributed by atoms with Crippen molar-refractivity contribution in [3.63, 3.8) is 0 Å². The van der Waals surface area contributed by atoms with Crippen LogP contribution in [0, 0.1) is 13.8 Å². The van der Waals surface area contributed by atoms with E-state index in [-0.39, 0.29) is 11.8 Å². The van der Waals surface area contributed by atoms with Crippen molar-refractivity contribution in [1.29, 1.82) is 0 Å². The summed E-state index contributed by atoms with van der Waals surface area (Å²) in [4.78, 5) is 30.9. The smallest absolute Gasteiger partial charge is 0.257 e. The lowest BCUT2D eigenvalue weighted by atomic mass is 10.1. The molecular weight excluding hydrogens is 346 g/mol. The number of rotatable bonds is 3. The molecule has 2 heterocycles. The number of thiazole rings is 1. The zero-order valence-corrected chi connectivity index (χ0v) is 15.5. The van der Waals surface area contributed by atoms with Crippen LogP contribution in [-0.4, -0.2) is 23.3 Å². The van der Waals surface area contributed by atoms with Crippen LogP contribution in [0.15, 0.2) is 36.4 Å². The quantitative estimate of drug-likeness (QED) is 0.753. The molecule has 0 radical (unpaired) electrons. The molecule has 1 aromatic heterocycles. The van der Waals surface area contributed by atoms with Crippen molar-refractivity contribution >= 4 is 44.2 Å². The minimum Gasteiger partial charge on any atom is -0.312 e. The standard InChI is InChI=1S/C20H19N3O2S/c1-12-8-9-13(2)18-17(12)21-20(26-18)22-19(25)14-5-3-6-15(11-14)23-10-4-7-16(23)24/h3,5-6,8-9,11H,4,7,10H2,1-2H3,(H,21,22,25). The highest BCUT2D eigenvalue weighted by atomic mass is 32.1. The second-order valence-corrected chi connectivity index (χ2v) is 7.55. The van der Waals surface area contributed by atoms with Crippen molar-refractivity contribution in [2.24, 2.45) is 0 Å². The van der Waals surface area contributed by atoms with E-state index in [9.17, 15) is 9.59 Å². The van der Waals surface area contributed by atoms with E-state index in [4.69, 9.17) is 0 Å². The fraction of sp³-hybridized carbons (Fsp3) is 0.250. The van der Waals surface area contributed by atoms with Gasteiger partial charge in [-0.3, -0.25) is 14.9 Å². The van der Waals surface area contributed by atoms with Gasteiger partial charge in [0.25, 0.3) is 5.91 Å². The zero-order valence-electron chi connectivity index (χ0n) is 14.7. The van der Waals surface area contributed by atoms with Crippen molar-refractivity contribution < 1.29 is 9.59 Å². The van der Waals surface area contributed by atoms with Gasteiger partial charge < -0.3 is 4.90 Å². The molecule has 0 saturated carbocycles. The second-order valence-electron chi connectivity index (χ2n) is 6.55. The molecule has 6 heteroatoms. The SMILES string of the molecule is Cc1ccc(C)c2sc(NC(=O)c3cccc(N4CCCC4=O)c3)nc12. The molecule has 2 amide bonds. The fourth-order valence-electron chi connectivity index (χ4n) is 3.22. The second kappa shape index (κ2) is 6.53. The number of nitrogens with zero attached hydrogens (tertiary/aromatic N) is 2. The van der Waals surface area contributed by atoms with Crippen molar-refractivity contribution in [2.45, 2.75) is 26.7 Å². The Morgan fingerprint density at radius 2 is 2.00 bits per heavy atom. The molecule has 1 saturated heterocycles. The first-order chi connectivity index (χ1) is 12.5. The summed E-state index contributed by atoms with van der Waals surface area (Å²) in [5.41, 5.74) is 4.47. The van der Waals surface area contributed by atoms with E-state index in [0.717, 1.165) is 33.5 Å². The minimum atomic E-state index is -0.215. The molecule has 132 valence electrons. The van der Waals surface area contributed by atoms with Gasteiger partial charge in [0.15, 0.2) is 5.13 Å². The highest BCUT2D eigenvalue weighted by Gasteiger charge is 2.22. The van der Waals surface area contributed by atoms with Crippen LogP contribution in [0.2, 0.25) is 0 Å². The molecule has 26 heavy (non-hydrogen) atoms. The van der Waals surface area contributed by atoms with E-state index >= 15 is 0 Å². The summed E-state index contributed by atoms with van der Waals surface area (Å²) in [7, 11) is 0. The van der Waals surface area contributed by atoms with Crippen LogP contribution in [0.25, 0.3) is 10.2 Å². The number of benzene rings is 2. The number of aromatic nitrogens is 1. The van der Waals surface area contributed by atoms with Crippen LogP contribution in [0.1, 0.15) is 34.3 Å². The van der Waals surface area contributed by atoms with E-state index in [1.165, 1.54) is 11.3 Å². The molecule has 0 atom stereocenters. The molecule has 5 nitrogen and oxygen atoms in total. The highest BCUT2D eigenvalue weighted by molar-refractivity contribution is 7.22. The van der Waals surface area contributed by atoms with Crippen LogP contribution >= 0.6 is 11.3 Å². The first kappa shape index (κ1) is 16.7. The molecule has 0 aliphatic carbocycles. The van der Waals surface area contributed by atoms with E-state index in [1.54, 1.807) is 17.0 Å². The summed E-state index contributed by atoms with van der Waals surface area (Å²) in [5.74, 6) is -0.104. The first-order valence-electron chi connectivity index (χ1n) is 8.61. The molecule has 0 bridgehead atoms. The van der Waals surface area contributed by atoms with Crippen molar-refractivity contribution in [1.82, 2.24) is 4.98 Å². The number of fused-ring (bicyclic) bond motifs is 1. The summed E-state index contributed by atoms with van der Waals surface area (Å²) in [6.45, 7) is 4.77. The first-order valence-corrected chi connectivity index (χ1v) is 9.43. The highest BCUT2D eigenvalue weighted by Crippen LogP contribution is 2.31. The van der Waals surface area contributed by atoms with Gasteiger partial charge in [0.05, 0.1) is 10.2 Å². The molecule has 1 aliphatic rings. The Hall–Kier alpha value is -2.73. The van der Waals surface area contributed by atoms with Gasteiger partial charge in [0.1, 0.15) is 0 Å². The van der Waals surface area contributed by atoms with Gasteiger partial charge in [-0.1, -0.05) is 29.5 Å². The molecule has 3 aromatic rings. The van der Waals surface area contributed by atoms with Crippen LogP contribution in [-0.2, 0) is 4.79 Å². The molecular formula is C20H19N3O2S. The lowest BCUT2D eigenvalue weighted by Crippen LogP contribution is -2.24. The van der Waals surface area contributed by atoms with Gasteiger partial charge in [0, 0.05) is 24.2 Å². The van der Waals surface area contributed by atoms with Gasteiger partial charge in [0.2, 0.25) is 5.91 Å². The Kier molecular flexibility index (Phi) is 4.20. The normalized spacial score (nSPS) is 14.2. The number of hydrogen-bond donors (Lipinski definition) is 1. The Balaban J connectivity index is 1.60. The molecule has 1 fully saturated rings. The monoisotopic (exact) mass is 365 g/mol. The fourth-order valence-corrected chi connectivity index (χ4v) is 4.22. The average Bonchev–Trinajstić information content (AvgIpc) is 3.25. The molecule has 0 unspecified atom stereocenters. The number of amides is 2. The van der Waals surface area contributed by atoms with Crippen molar-refractivity contribution in [2.75, 3.05) is 16.8 Å². The average molecular weight is 365 g/mol. The van der Waals surface area contributed by atoms with Crippen LogP contribution in [0.5, 0.6) is 0 Å². The topological polar surface area (TPSA) is 62.3 Å². The number of carbonyl (C=O) groups excluding carboxylic acids is 2. The third-order valence-electron chi connectivity index (χ3n) is 4.66. The largest absolute Gasteiger partial charge is 0.312 e. The predicted octanol–water partition coefficient (Wildman–Crippen LogP) is 4.29. The zero-order chi connectivity index (χ0) is 18.3. The van der Waals surface area contributed by atoms with Gasteiger partial charge in [-0.05, 0) is 49.6 Å². The van der Waals surface area contributed by atoms with Gasteiger partial charge >= 0.3 is 0 Å². The van der Waals surface area contributed by atoms with Crippen LogP contribution in [0.4, 0.5) is 10.8 Å². The number of aryl methyl sites for hydroxylation is 2. The van der Waals surface area contributed by atoms with Gasteiger partial charge in [-0.15, -0.1) is 0 Å². The van der Waals surface area contributed by atoms with Crippen molar-refractivity contribution in [3.8, 4) is 0 Å². The van der Waals surface area contributed by atoms with E-state index in [0.29, 0.717) is 23.7 Å². The van der Waals surface area contributed by atoms with Crippen LogP contribution in [0.3, 0.4) is 0 Å². The van der Waals surface area contributed by atoms with E-state index < -0.39 is 0 Å². The Morgan fingerprint density at radius 3 is 2.73 bits per heavy atom. The Labute approximate surface area is 155 Å². The Bertz CT molecular complexity index is 986. The van der Waals surface area contributed by atoms with E-state index in [2.05, 4.69) is 16.4 Å². The maximum atomic E-state index is 12.7. The Morgan fingerprint density at radius 1 is 1.19 bits per heavy atom. The maximum Gasteiger partial charge on any atom is 0.257 e. The summed E-state index contributed by atoms with van der Waals surface area (Å²) in [6.07, 6.45) is 1.43. The molecule has 1 aliphatic heterocycles. The lowest BCUT2D eigenvalue weighted by Gasteiger charge is -2.16. The molecule has 4 rings (SSSR count). The van der Waals surface area contributed by atoms with Gasteiger partial charge in [-0.2, -0.15) is 0 Å². The molecule has 2 aromatic carbocycles. The molecule has 1 N–H and O–H groups in total. The number of hydrogen-bond acceptors (Lipinski definition) is 4. The van der Waals surface area contributed by atoms with Gasteiger partial charge in [-0.25, -0.2) is 4.98 Å². The van der Waals surface area contributed by atoms with Crippen molar-refractivity contribution in [3.05, 3.63) is 53.1 Å². The number of carbonyl (C=O) groups is 2. The minimum absolute atomic E-state index is 0.111. The van der Waals surface area contributed by atoms with E-state index in [1.807, 2.05) is 32.0 Å². The number of nitrogens with one attached hydrogen (secondary N) is 1. The predicted molar refractivity (Wildman–Crippen MR) is 105 cm³/mol.